The second kappa shape index (κ2) is 10.7. The molecule has 5 heteroatoms. The Morgan fingerprint density at radius 2 is 1.00 bits per heavy atom. The number of rotatable bonds is 4. The minimum atomic E-state index is 0.655. The smallest absolute Gasteiger partial charge is 0.165 e. The number of nitrogens with zero attached hydrogens (tertiary/aromatic N) is 4. The third kappa shape index (κ3) is 4.25. The van der Waals surface area contributed by atoms with Crippen LogP contribution in [0.3, 0.4) is 0 Å². The lowest BCUT2D eigenvalue weighted by Gasteiger charge is -2.13. The van der Waals surface area contributed by atoms with E-state index < -0.39 is 0 Å². The summed E-state index contributed by atoms with van der Waals surface area (Å²) in [6, 6.07) is 55.6. The molecule has 0 saturated heterocycles. The van der Waals surface area contributed by atoms with Gasteiger partial charge in [0.1, 0.15) is 0 Å². The first kappa shape index (κ1) is 27.0. The minimum Gasteiger partial charge on any atom is -0.309 e. The Balaban J connectivity index is 1.32. The topological polar surface area (TPSA) is 43.6 Å². The van der Waals surface area contributed by atoms with E-state index in [1.807, 2.05) is 36.4 Å². The molecular formula is C43H26N4S. The second-order valence-corrected chi connectivity index (χ2v) is 13.1. The minimum absolute atomic E-state index is 0.655. The van der Waals surface area contributed by atoms with Crippen LogP contribution in [-0.2, 0) is 0 Å². The van der Waals surface area contributed by atoms with Gasteiger partial charge in [-0.2, -0.15) is 0 Å². The van der Waals surface area contributed by atoms with Gasteiger partial charge in [-0.05, 0) is 47.2 Å². The summed E-state index contributed by atoms with van der Waals surface area (Å²) in [5.41, 5.74) is 6.31. The summed E-state index contributed by atoms with van der Waals surface area (Å²) in [4.78, 5) is 15.3. The highest BCUT2D eigenvalue weighted by molar-refractivity contribution is 7.26. The normalized spacial score (nSPS) is 11.8. The van der Waals surface area contributed by atoms with Crippen LogP contribution in [0.2, 0.25) is 0 Å². The SMILES string of the molecule is c1ccc(-c2nc(-c3ccccc3)nc(-c3cc(-n4c5ccccc5c5cc6ccccc6cc54)cc4c3sc3ccccc34)n2)cc1. The van der Waals surface area contributed by atoms with Crippen molar-refractivity contribution in [3.05, 3.63) is 158 Å². The summed E-state index contributed by atoms with van der Waals surface area (Å²) in [7, 11) is 0. The third-order valence-electron chi connectivity index (χ3n) is 9.20. The predicted octanol–water partition coefficient (Wildman–Crippen LogP) is 11.5. The van der Waals surface area contributed by atoms with Gasteiger partial charge in [0.15, 0.2) is 17.5 Å². The van der Waals surface area contributed by atoms with Crippen LogP contribution in [0.25, 0.3) is 92.6 Å². The third-order valence-corrected chi connectivity index (χ3v) is 10.4. The zero-order chi connectivity index (χ0) is 31.6. The summed E-state index contributed by atoms with van der Waals surface area (Å²) in [6.07, 6.45) is 0. The monoisotopic (exact) mass is 630 g/mol. The number of aromatic nitrogens is 4. The summed E-state index contributed by atoms with van der Waals surface area (Å²) < 4.78 is 4.80. The molecular weight excluding hydrogens is 605 g/mol. The van der Waals surface area contributed by atoms with Crippen LogP contribution in [-0.4, -0.2) is 19.5 Å². The predicted molar refractivity (Wildman–Crippen MR) is 201 cm³/mol. The van der Waals surface area contributed by atoms with Gasteiger partial charge in [0.05, 0.1) is 11.0 Å². The lowest BCUT2D eigenvalue weighted by Crippen LogP contribution is -2.01. The molecule has 0 fully saturated rings. The summed E-state index contributed by atoms with van der Waals surface area (Å²) >= 11 is 1.79. The fraction of sp³-hybridized carbons (Fsp3) is 0. The van der Waals surface area contributed by atoms with E-state index in [1.165, 1.54) is 48.1 Å². The Morgan fingerprint density at radius 1 is 0.417 bits per heavy atom. The van der Waals surface area contributed by atoms with Crippen LogP contribution >= 0.6 is 11.3 Å². The van der Waals surface area contributed by atoms with Crippen molar-refractivity contribution in [2.45, 2.75) is 0 Å². The molecule has 0 aliphatic rings. The van der Waals surface area contributed by atoms with E-state index in [0.29, 0.717) is 17.5 Å². The lowest BCUT2D eigenvalue weighted by molar-refractivity contribution is 1.07. The van der Waals surface area contributed by atoms with E-state index in [9.17, 15) is 0 Å². The van der Waals surface area contributed by atoms with Crippen molar-refractivity contribution in [1.29, 1.82) is 0 Å². The molecule has 0 spiro atoms. The van der Waals surface area contributed by atoms with Crippen LogP contribution in [0.5, 0.6) is 0 Å². The molecule has 0 saturated carbocycles. The first-order chi connectivity index (χ1) is 23.8. The average Bonchev–Trinajstić information content (AvgIpc) is 3.69. The highest BCUT2D eigenvalue weighted by Gasteiger charge is 2.20. The van der Waals surface area contributed by atoms with E-state index in [4.69, 9.17) is 15.0 Å². The number of hydrogen-bond donors (Lipinski definition) is 0. The first-order valence-electron chi connectivity index (χ1n) is 16.0. The number of fused-ring (bicyclic) bond motifs is 7. The van der Waals surface area contributed by atoms with E-state index >= 15 is 0 Å². The Bertz CT molecular complexity index is 2780. The zero-order valence-electron chi connectivity index (χ0n) is 25.7. The van der Waals surface area contributed by atoms with Crippen molar-refractivity contribution in [3.8, 4) is 39.9 Å². The van der Waals surface area contributed by atoms with Gasteiger partial charge in [0.2, 0.25) is 0 Å². The van der Waals surface area contributed by atoms with Gasteiger partial charge < -0.3 is 4.57 Å². The van der Waals surface area contributed by atoms with E-state index in [-0.39, 0.29) is 0 Å². The Labute approximate surface area is 280 Å². The van der Waals surface area contributed by atoms with Crippen molar-refractivity contribution >= 4 is 64.1 Å². The quantitative estimate of drug-likeness (QED) is 0.194. The highest BCUT2D eigenvalue weighted by atomic mass is 32.1. The first-order valence-corrected chi connectivity index (χ1v) is 16.9. The molecule has 0 N–H and O–H groups in total. The largest absolute Gasteiger partial charge is 0.309 e. The van der Waals surface area contributed by atoms with E-state index in [0.717, 1.165) is 27.1 Å². The molecule has 3 aromatic heterocycles. The molecule has 0 aliphatic heterocycles. The molecule has 0 atom stereocenters. The maximum absolute atomic E-state index is 5.18. The van der Waals surface area contributed by atoms with Gasteiger partial charge in [-0.15, -0.1) is 11.3 Å². The molecule has 0 bridgehead atoms. The van der Waals surface area contributed by atoms with Crippen LogP contribution in [0.15, 0.2) is 158 Å². The van der Waals surface area contributed by atoms with Crippen molar-refractivity contribution in [2.24, 2.45) is 0 Å². The number of para-hydroxylation sites is 1. The molecule has 10 aromatic rings. The number of hydrogen-bond acceptors (Lipinski definition) is 4. The standard InChI is InChI=1S/C43H26N4S/c1-3-13-27(14-4-1)41-44-42(28-15-5-2-6-16-28)46-43(45-41)36-26-31(25-35-33-20-10-12-22-39(33)48-40(35)36)47-37-21-11-9-19-32(37)34-23-29-17-7-8-18-30(29)24-38(34)47/h1-26H. The highest BCUT2D eigenvalue weighted by Crippen LogP contribution is 2.43. The van der Waals surface area contributed by atoms with Crippen LogP contribution in [0, 0.1) is 0 Å². The number of thiophene rings is 1. The fourth-order valence-electron chi connectivity index (χ4n) is 6.97. The van der Waals surface area contributed by atoms with Crippen molar-refractivity contribution in [3.63, 3.8) is 0 Å². The lowest BCUT2D eigenvalue weighted by atomic mass is 10.1. The second-order valence-electron chi connectivity index (χ2n) is 12.1. The molecule has 10 rings (SSSR count). The van der Waals surface area contributed by atoms with Gasteiger partial charge in [0, 0.05) is 53.3 Å². The maximum atomic E-state index is 5.18. The van der Waals surface area contributed by atoms with Crippen LogP contribution in [0.1, 0.15) is 0 Å². The van der Waals surface area contributed by atoms with Gasteiger partial charge in [-0.3, -0.25) is 0 Å². The summed E-state index contributed by atoms with van der Waals surface area (Å²) in [6.45, 7) is 0. The van der Waals surface area contributed by atoms with Crippen molar-refractivity contribution in [2.75, 3.05) is 0 Å². The summed E-state index contributed by atoms with van der Waals surface area (Å²) in [5, 5.41) is 7.34. The molecule has 0 unspecified atom stereocenters. The molecule has 48 heavy (non-hydrogen) atoms. The van der Waals surface area contributed by atoms with Gasteiger partial charge >= 0.3 is 0 Å². The number of benzene rings is 7. The van der Waals surface area contributed by atoms with E-state index in [1.54, 1.807) is 11.3 Å². The molecule has 4 nitrogen and oxygen atoms in total. The Morgan fingerprint density at radius 3 is 1.73 bits per heavy atom. The van der Waals surface area contributed by atoms with E-state index in [2.05, 4.69) is 126 Å². The molecule has 0 amide bonds. The van der Waals surface area contributed by atoms with Crippen LogP contribution < -0.4 is 0 Å². The van der Waals surface area contributed by atoms with Gasteiger partial charge in [-0.25, -0.2) is 15.0 Å². The van der Waals surface area contributed by atoms with Crippen LogP contribution in [0.4, 0.5) is 0 Å². The molecule has 0 radical (unpaired) electrons. The van der Waals surface area contributed by atoms with Crippen molar-refractivity contribution in [1.82, 2.24) is 19.5 Å². The average molecular weight is 631 g/mol. The maximum Gasteiger partial charge on any atom is 0.165 e. The zero-order valence-corrected chi connectivity index (χ0v) is 26.5. The summed E-state index contributed by atoms with van der Waals surface area (Å²) in [5.74, 6) is 1.97. The molecule has 3 heterocycles. The van der Waals surface area contributed by atoms with Gasteiger partial charge in [-0.1, -0.05) is 121 Å². The molecule has 7 aromatic carbocycles. The molecule has 0 aliphatic carbocycles. The molecule has 224 valence electrons. The fourth-order valence-corrected chi connectivity index (χ4v) is 8.16. The Kier molecular flexibility index (Phi) is 6.01. The van der Waals surface area contributed by atoms with Gasteiger partial charge in [0.25, 0.3) is 0 Å². The Hall–Kier alpha value is -6.17. The van der Waals surface area contributed by atoms with Crippen molar-refractivity contribution < 1.29 is 0 Å².